The van der Waals surface area contributed by atoms with Crippen LogP contribution in [-0.4, -0.2) is 14.5 Å². The van der Waals surface area contributed by atoms with Crippen LogP contribution in [-0.2, 0) is 6.61 Å². The quantitative estimate of drug-likeness (QED) is 0.783. The minimum atomic E-state index is -0.0210. The van der Waals surface area contributed by atoms with Crippen molar-refractivity contribution < 1.29 is 5.11 Å². The van der Waals surface area contributed by atoms with Crippen molar-refractivity contribution in [3.05, 3.63) is 34.2 Å². The van der Waals surface area contributed by atoms with Gasteiger partial charge in [-0.25, -0.2) is 4.98 Å². The van der Waals surface area contributed by atoms with Gasteiger partial charge in [-0.15, -0.1) is 0 Å². The standard InChI is InChI=1S/C10H11ClN2O/c1-6-3-8(11)10-12-7(2)9(5-14)13(10)4-6/h3-4,14H,5H2,1-2H3. The summed E-state index contributed by atoms with van der Waals surface area (Å²) in [6.07, 6.45) is 1.92. The van der Waals surface area contributed by atoms with Gasteiger partial charge < -0.3 is 5.11 Å². The highest BCUT2D eigenvalue weighted by Crippen LogP contribution is 2.21. The van der Waals surface area contributed by atoms with Crippen molar-refractivity contribution in [2.75, 3.05) is 0 Å². The predicted octanol–water partition coefficient (Wildman–Crippen LogP) is 2.10. The minimum Gasteiger partial charge on any atom is -0.390 e. The third kappa shape index (κ3) is 1.29. The molecule has 0 radical (unpaired) electrons. The first-order valence-electron chi connectivity index (χ1n) is 4.38. The Morgan fingerprint density at radius 2 is 2.21 bits per heavy atom. The zero-order chi connectivity index (χ0) is 10.3. The Labute approximate surface area is 87.0 Å². The van der Waals surface area contributed by atoms with E-state index >= 15 is 0 Å². The average molecular weight is 211 g/mol. The van der Waals surface area contributed by atoms with Crippen molar-refractivity contribution in [1.29, 1.82) is 0 Å². The van der Waals surface area contributed by atoms with E-state index in [0.717, 1.165) is 17.0 Å². The molecule has 0 saturated heterocycles. The molecule has 0 atom stereocenters. The van der Waals surface area contributed by atoms with Gasteiger partial charge in [0.1, 0.15) is 0 Å². The summed E-state index contributed by atoms with van der Waals surface area (Å²) in [5, 5.41) is 9.80. The summed E-state index contributed by atoms with van der Waals surface area (Å²) in [5.41, 5.74) is 3.37. The number of pyridine rings is 1. The molecule has 0 aromatic carbocycles. The number of fused-ring (bicyclic) bond motifs is 1. The van der Waals surface area contributed by atoms with Gasteiger partial charge in [-0.3, -0.25) is 4.40 Å². The lowest BCUT2D eigenvalue weighted by Gasteiger charge is -2.01. The third-order valence-electron chi connectivity index (χ3n) is 2.26. The number of halogens is 1. The Morgan fingerprint density at radius 1 is 1.50 bits per heavy atom. The van der Waals surface area contributed by atoms with Crippen molar-refractivity contribution in [2.24, 2.45) is 0 Å². The van der Waals surface area contributed by atoms with Gasteiger partial charge in [0.05, 0.1) is 23.0 Å². The number of rotatable bonds is 1. The van der Waals surface area contributed by atoms with E-state index in [2.05, 4.69) is 4.98 Å². The molecule has 0 saturated carbocycles. The fourth-order valence-electron chi connectivity index (χ4n) is 1.58. The molecule has 2 aromatic heterocycles. The summed E-state index contributed by atoms with van der Waals surface area (Å²) in [5.74, 6) is 0. The molecule has 0 amide bonds. The summed E-state index contributed by atoms with van der Waals surface area (Å²) in [4.78, 5) is 4.30. The van der Waals surface area contributed by atoms with Crippen LogP contribution in [0.4, 0.5) is 0 Å². The van der Waals surface area contributed by atoms with Gasteiger partial charge in [0.2, 0.25) is 0 Å². The molecule has 2 rings (SSSR count). The van der Waals surface area contributed by atoms with Gasteiger partial charge >= 0.3 is 0 Å². The highest BCUT2D eigenvalue weighted by molar-refractivity contribution is 6.33. The monoisotopic (exact) mass is 210 g/mol. The zero-order valence-corrected chi connectivity index (χ0v) is 8.84. The van der Waals surface area contributed by atoms with Crippen LogP contribution >= 0.6 is 11.6 Å². The van der Waals surface area contributed by atoms with Gasteiger partial charge in [-0.2, -0.15) is 0 Å². The molecule has 0 aliphatic rings. The SMILES string of the molecule is Cc1cc(Cl)c2nc(C)c(CO)n2c1. The molecule has 2 aromatic rings. The number of hydrogen-bond acceptors (Lipinski definition) is 2. The van der Waals surface area contributed by atoms with Crippen LogP contribution in [0.1, 0.15) is 17.0 Å². The second-order valence-electron chi connectivity index (χ2n) is 3.36. The Bertz CT molecular complexity index is 490. The number of aromatic nitrogens is 2. The van der Waals surface area contributed by atoms with Crippen LogP contribution in [0.15, 0.2) is 12.3 Å². The molecule has 14 heavy (non-hydrogen) atoms. The van der Waals surface area contributed by atoms with E-state index < -0.39 is 0 Å². The first kappa shape index (κ1) is 9.49. The second-order valence-corrected chi connectivity index (χ2v) is 3.77. The van der Waals surface area contributed by atoms with Gasteiger partial charge in [-0.1, -0.05) is 11.6 Å². The molecular formula is C10H11ClN2O. The van der Waals surface area contributed by atoms with Crippen LogP contribution in [0, 0.1) is 13.8 Å². The first-order chi connectivity index (χ1) is 6.63. The lowest BCUT2D eigenvalue weighted by atomic mass is 10.3. The molecule has 0 aliphatic heterocycles. The smallest absolute Gasteiger partial charge is 0.156 e. The van der Waals surface area contributed by atoms with Crippen LogP contribution < -0.4 is 0 Å². The topological polar surface area (TPSA) is 37.5 Å². The number of aliphatic hydroxyl groups excluding tert-OH is 1. The predicted molar refractivity (Wildman–Crippen MR) is 55.6 cm³/mol. The number of nitrogens with zero attached hydrogens (tertiary/aromatic N) is 2. The lowest BCUT2D eigenvalue weighted by molar-refractivity contribution is 0.275. The highest BCUT2D eigenvalue weighted by atomic mass is 35.5. The summed E-state index contributed by atoms with van der Waals surface area (Å²) in [6.45, 7) is 3.80. The largest absolute Gasteiger partial charge is 0.390 e. The number of aliphatic hydroxyl groups is 1. The van der Waals surface area contributed by atoms with Crippen LogP contribution in [0.25, 0.3) is 5.65 Å². The summed E-state index contributed by atoms with van der Waals surface area (Å²) in [7, 11) is 0. The van der Waals surface area contributed by atoms with Crippen molar-refractivity contribution in [1.82, 2.24) is 9.38 Å². The first-order valence-corrected chi connectivity index (χ1v) is 4.76. The molecular weight excluding hydrogens is 200 g/mol. The number of imidazole rings is 1. The maximum Gasteiger partial charge on any atom is 0.156 e. The van der Waals surface area contributed by atoms with Crippen LogP contribution in [0.3, 0.4) is 0 Å². The van der Waals surface area contributed by atoms with E-state index in [1.807, 2.05) is 30.5 Å². The van der Waals surface area contributed by atoms with E-state index in [1.165, 1.54) is 0 Å². The van der Waals surface area contributed by atoms with Crippen molar-refractivity contribution >= 4 is 17.2 Å². The maximum atomic E-state index is 9.18. The van der Waals surface area contributed by atoms with Gasteiger partial charge in [0.15, 0.2) is 5.65 Å². The van der Waals surface area contributed by atoms with E-state index in [1.54, 1.807) is 0 Å². The molecule has 2 heterocycles. The fraction of sp³-hybridized carbons (Fsp3) is 0.300. The third-order valence-corrected chi connectivity index (χ3v) is 2.54. The van der Waals surface area contributed by atoms with Gasteiger partial charge in [0.25, 0.3) is 0 Å². The number of hydrogen-bond donors (Lipinski definition) is 1. The maximum absolute atomic E-state index is 9.18. The zero-order valence-electron chi connectivity index (χ0n) is 8.08. The van der Waals surface area contributed by atoms with Crippen molar-refractivity contribution in [3.8, 4) is 0 Å². The molecule has 3 nitrogen and oxygen atoms in total. The van der Waals surface area contributed by atoms with Crippen LogP contribution in [0.2, 0.25) is 5.02 Å². The average Bonchev–Trinajstić information content (AvgIpc) is 2.41. The minimum absolute atomic E-state index is 0.0210. The summed E-state index contributed by atoms with van der Waals surface area (Å²) in [6, 6.07) is 1.87. The molecule has 0 aliphatic carbocycles. The summed E-state index contributed by atoms with van der Waals surface area (Å²) >= 11 is 6.04. The number of aryl methyl sites for hydroxylation is 2. The van der Waals surface area contributed by atoms with Crippen LogP contribution in [0.5, 0.6) is 0 Å². The molecule has 4 heteroatoms. The molecule has 0 fully saturated rings. The molecule has 0 bridgehead atoms. The second kappa shape index (κ2) is 3.26. The lowest BCUT2D eigenvalue weighted by Crippen LogP contribution is -1.94. The molecule has 74 valence electrons. The Hall–Kier alpha value is -1.06. The molecule has 1 N–H and O–H groups in total. The van der Waals surface area contributed by atoms with Gasteiger partial charge in [-0.05, 0) is 25.5 Å². The Kier molecular flexibility index (Phi) is 2.21. The Balaban J connectivity index is 2.87. The van der Waals surface area contributed by atoms with E-state index in [0.29, 0.717) is 10.7 Å². The van der Waals surface area contributed by atoms with E-state index in [4.69, 9.17) is 11.6 Å². The Morgan fingerprint density at radius 3 is 2.86 bits per heavy atom. The molecule has 0 spiro atoms. The normalized spacial score (nSPS) is 11.1. The summed E-state index contributed by atoms with van der Waals surface area (Å²) < 4.78 is 1.84. The van der Waals surface area contributed by atoms with Crippen molar-refractivity contribution in [2.45, 2.75) is 20.5 Å². The van der Waals surface area contributed by atoms with E-state index in [-0.39, 0.29) is 6.61 Å². The highest BCUT2D eigenvalue weighted by Gasteiger charge is 2.10. The molecule has 0 unspecified atom stereocenters. The van der Waals surface area contributed by atoms with Gasteiger partial charge in [0, 0.05) is 6.20 Å². The van der Waals surface area contributed by atoms with E-state index in [9.17, 15) is 5.11 Å². The fourth-order valence-corrected chi connectivity index (χ4v) is 1.89. The van der Waals surface area contributed by atoms with Crippen molar-refractivity contribution in [3.63, 3.8) is 0 Å².